The number of hydrogen-bond donors (Lipinski definition) is 1. The van der Waals surface area contributed by atoms with Crippen molar-refractivity contribution >= 4 is 17.6 Å². The maximum atomic E-state index is 11.7. The van der Waals surface area contributed by atoms with Crippen molar-refractivity contribution in [1.82, 2.24) is 14.7 Å². The Kier molecular flexibility index (Phi) is 5.02. The lowest BCUT2D eigenvalue weighted by Gasteiger charge is -2.15. The highest BCUT2D eigenvalue weighted by molar-refractivity contribution is 6.30. The number of allylic oxidation sites excluding steroid dienone is 1. The predicted molar refractivity (Wildman–Crippen MR) is 93.0 cm³/mol. The third-order valence-electron chi connectivity index (χ3n) is 4.42. The van der Waals surface area contributed by atoms with Crippen LogP contribution < -0.4 is 0 Å². The monoisotopic (exact) mass is 345 g/mol. The van der Waals surface area contributed by atoms with E-state index < -0.39 is 11.9 Å². The molecule has 126 valence electrons. The molecule has 5 nitrogen and oxygen atoms in total. The molecule has 1 aromatic heterocycles. The molecule has 0 unspecified atom stereocenters. The lowest BCUT2D eigenvalue weighted by Crippen LogP contribution is -2.23. The van der Waals surface area contributed by atoms with Gasteiger partial charge < -0.3 is 5.11 Å². The van der Waals surface area contributed by atoms with Crippen LogP contribution in [0.4, 0.5) is 0 Å². The topological polar surface area (TPSA) is 58.4 Å². The smallest absolute Gasteiger partial charge is 0.308 e. The minimum absolute atomic E-state index is 0.0250. The summed E-state index contributed by atoms with van der Waals surface area (Å²) in [5.74, 6) is -1.18. The van der Waals surface area contributed by atoms with E-state index in [9.17, 15) is 9.90 Å². The fourth-order valence-corrected chi connectivity index (χ4v) is 3.42. The van der Waals surface area contributed by atoms with Gasteiger partial charge in [-0.1, -0.05) is 29.8 Å². The second-order valence-electron chi connectivity index (χ2n) is 6.16. The maximum absolute atomic E-state index is 11.7. The normalized spacial score (nSPS) is 21.0. The Bertz CT molecular complexity index is 726. The number of carboxylic acid groups (broad SMARTS) is 1. The van der Waals surface area contributed by atoms with E-state index in [1.54, 1.807) is 6.08 Å². The first-order chi connectivity index (χ1) is 11.6. The Morgan fingerprint density at radius 3 is 2.79 bits per heavy atom. The van der Waals surface area contributed by atoms with Crippen LogP contribution in [0.2, 0.25) is 5.02 Å². The highest BCUT2D eigenvalue weighted by atomic mass is 35.5. The molecule has 1 saturated heterocycles. The van der Waals surface area contributed by atoms with Gasteiger partial charge in [0.1, 0.15) is 0 Å². The number of rotatable bonds is 6. The molecule has 2 aromatic rings. The molecule has 24 heavy (non-hydrogen) atoms. The third kappa shape index (κ3) is 3.68. The molecule has 1 aromatic carbocycles. The summed E-state index contributed by atoms with van der Waals surface area (Å²) in [4.78, 5) is 13.8. The van der Waals surface area contributed by atoms with Gasteiger partial charge in [-0.2, -0.15) is 5.10 Å². The first-order valence-electron chi connectivity index (χ1n) is 7.89. The van der Waals surface area contributed by atoms with E-state index in [-0.39, 0.29) is 5.92 Å². The van der Waals surface area contributed by atoms with Gasteiger partial charge in [-0.15, -0.1) is 6.58 Å². The summed E-state index contributed by atoms with van der Waals surface area (Å²) in [6.07, 6.45) is 5.60. The Balaban J connectivity index is 1.73. The fourth-order valence-electron chi connectivity index (χ4n) is 3.29. The number of likely N-dealkylation sites (tertiary alicyclic amines) is 1. The van der Waals surface area contributed by atoms with Crippen LogP contribution in [0.1, 0.15) is 17.0 Å². The van der Waals surface area contributed by atoms with Crippen molar-refractivity contribution in [2.24, 2.45) is 5.92 Å². The maximum Gasteiger partial charge on any atom is 0.308 e. The lowest BCUT2D eigenvalue weighted by atomic mass is 9.89. The summed E-state index contributed by atoms with van der Waals surface area (Å²) in [7, 11) is 0. The van der Waals surface area contributed by atoms with Crippen molar-refractivity contribution in [3.05, 3.63) is 65.5 Å². The molecule has 1 N–H and O–H groups in total. The molecular weight excluding hydrogens is 326 g/mol. The predicted octanol–water partition coefficient (Wildman–Crippen LogP) is 3.02. The molecule has 0 saturated carbocycles. The van der Waals surface area contributed by atoms with Gasteiger partial charge in [0.25, 0.3) is 0 Å². The Morgan fingerprint density at radius 2 is 2.12 bits per heavy atom. The van der Waals surface area contributed by atoms with E-state index >= 15 is 0 Å². The van der Waals surface area contributed by atoms with Crippen molar-refractivity contribution in [3.8, 4) is 0 Å². The summed E-state index contributed by atoms with van der Waals surface area (Å²) in [5, 5.41) is 14.5. The van der Waals surface area contributed by atoms with E-state index in [0.717, 1.165) is 11.1 Å². The van der Waals surface area contributed by atoms with Gasteiger partial charge in [0.05, 0.1) is 18.7 Å². The molecule has 0 radical (unpaired) electrons. The number of halogens is 1. The Morgan fingerprint density at radius 1 is 1.38 bits per heavy atom. The molecular formula is C18H20ClN3O2. The molecule has 1 aliphatic rings. The van der Waals surface area contributed by atoms with Gasteiger partial charge in [-0.3, -0.25) is 14.4 Å². The van der Waals surface area contributed by atoms with Crippen LogP contribution in [0.3, 0.4) is 0 Å². The van der Waals surface area contributed by atoms with Crippen molar-refractivity contribution in [1.29, 1.82) is 0 Å². The second-order valence-corrected chi connectivity index (χ2v) is 6.59. The van der Waals surface area contributed by atoms with E-state index in [2.05, 4.69) is 16.6 Å². The largest absolute Gasteiger partial charge is 0.481 e. The van der Waals surface area contributed by atoms with Gasteiger partial charge >= 0.3 is 5.97 Å². The van der Waals surface area contributed by atoms with Crippen LogP contribution in [-0.4, -0.2) is 38.8 Å². The standard InChI is InChI=1S/C18H20ClN3O2/c1-2-7-22-10-13(8-20-22)9-21-11-16(17(12-21)18(23)24)14-3-5-15(19)6-4-14/h2-6,8,10,16-17H,1,7,9,11-12H2,(H,23,24)/t16-,17+/m0/s1. The van der Waals surface area contributed by atoms with E-state index in [1.165, 1.54) is 0 Å². The number of hydrogen-bond acceptors (Lipinski definition) is 3. The van der Waals surface area contributed by atoms with Gasteiger partial charge in [0.15, 0.2) is 0 Å². The van der Waals surface area contributed by atoms with Gasteiger partial charge in [-0.25, -0.2) is 0 Å². The van der Waals surface area contributed by atoms with E-state index in [1.807, 2.05) is 41.3 Å². The number of nitrogens with zero attached hydrogens (tertiary/aromatic N) is 3. The van der Waals surface area contributed by atoms with Crippen molar-refractivity contribution in [2.45, 2.75) is 19.0 Å². The molecule has 0 bridgehead atoms. The number of aromatic nitrogens is 2. The fraction of sp³-hybridized carbons (Fsp3) is 0.333. The van der Waals surface area contributed by atoms with Crippen molar-refractivity contribution in [3.63, 3.8) is 0 Å². The Hall–Kier alpha value is -2.11. The van der Waals surface area contributed by atoms with E-state index in [0.29, 0.717) is 31.2 Å². The van der Waals surface area contributed by atoms with Crippen molar-refractivity contribution < 1.29 is 9.90 Å². The first kappa shape index (κ1) is 16.7. The van der Waals surface area contributed by atoms with Gasteiger partial charge in [0, 0.05) is 42.3 Å². The molecule has 0 spiro atoms. The van der Waals surface area contributed by atoms with Crippen LogP contribution in [0.5, 0.6) is 0 Å². The minimum Gasteiger partial charge on any atom is -0.481 e. The molecule has 1 fully saturated rings. The Labute approximate surface area is 146 Å². The zero-order valence-electron chi connectivity index (χ0n) is 13.3. The van der Waals surface area contributed by atoms with Gasteiger partial charge in [-0.05, 0) is 17.7 Å². The minimum atomic E-state index is -0.750. The average molecular weight is 346 g/mol. The number of carbonyl (C=O) groups is 1. The SMILES string of the molecule is C=CCn1cc(CN2C[C@@H](C(=O)O)[C@H](c3ccc(Cl)cc3)C2)cn1. The quantitative estimate of drug-likeness (QED) is 0.818. The van der Waals surface area contributed by atoms with Crippen LogP contribution in [-0.2, 0) is 17.9 Å². The summed E-state index contributed by atoms with van der Waals surface area (Å²) in [6.45, 7) is 6.32. The summed E-state index contributed by atoms with van der Waals surface area (Å²) in [5.41, 5.74) is 2.11. The van der Waals surface area contributed by atoms with Crippen LogP contribution >= 0.6 is 11.6 Å². The average Bonchev–Trinajstić information content (AvgIpc) is 3.16. The third-order valence-corrected chi connectivity index (χ3v) is 4.67. The lowest BCUT2D eigenvalue weighted by molar-refractivity contribution is -0.141. The van der Waals surface area contributed by atoms with E-state index in [4.69, 9.17) is 11.6 Å². The molecule has 6 heteroatoms. The van der Waals surface area contributed by atoms with Gasteiger partial charge in [0.2, 0.25) is 0 Å². The zero-order valence-corrected chi connectivity index (χ0v) is 14.1. The molecule has 1 aliphatic heterocycles. The summed E-state index contributed by atoms with van der Waals surface area (Å²) >= 11 is 5.94. The summed E-state index contributed by atoms with van der Waals surface area (Å²) < 4.78 is 1.82. The molecule has 2 heterocycles. The number of benzene rings is 1. The van der Waals surface area contributed by atoms with Crippen LogP contribution in [0.15, 0.2) is 49.3 Å². The molecule has 0 amide bonds. The molecule has 3 rings (SSSR count). The van der Waals surface area contributed by atoms with Crippen LogP contribution in [0.25, 0.3) is 0 Å². The zero-order chi connectivity index (χ0) is 17.1. The highest BCUT2D eigenvalue weighted by Gasteiger charge is 2.38. The highest BCUT2D eigenvalue weighted by Crippen LogP contribution is 2.34. The van der Waals surface area contributed by atoms with Crippen molar-refractivity contribution in [2.75, 3.05) is 13.1 Å². The number of aliphatic carboxylic acids is 1. The first-order valence-corrected chi connectivity index (χ1v) is 8.27. The molecule has 2 atom stereocenters. The summed E-state index contributed by atoms with van der Waals surface area (Å²) in [6, 6.07) is 7.48. The molecule has 0 aliphatic carbocycles. The number of carboxylic acids is 1. The second kappa shape index (κ2) is 7.20. The van der Waals surface area contributed by atoms with Crippen LogP contribution in [0, 0.1) is 5.92 Å².